The monoisotopic (exact) mass is 289 g/mol. The van der Waals surface area contributed by atoms with Crippen molar-refractivity contribution < 1.29 is 23.0 Å². The second-order valence-corrected chi connectivity index (χ2v) is 5.25. The van der Waals surface area contributed by atoms with Gasteiger partial charge in [0.15, 0.2) is 0 Å². The summed E-state index contributed by atoms with van der Waals surface area (Å²) in [6.07, 6.45) is -1.63. The van der Waals surface area contributed by atoms with Crippen molar-refractivity contribution in [2.45, 2.75) is 44.0 Å². The Morgan fingerprint density at radius 3 is 2.45 bits per heavy atom. The van der Waals surface area contributed by atoms with Crippen molar-refractivity contribution in [3.8, 4) is 5.75 Å². The largest absolute Gasteiger partial charge is 0.490 e. The molecular weight excluding hydrogens is 271 g/mol. The second-order valence-electron chi connectivity index (χ2n) is 5.25. The van der Waals surface area contributed by atoms with Crippen molar-refractivity contribution >= 4 is 0 Å². The lowest BCUT2D eigenvalue weighted by atomic mass is 10.0. The lowest BCUT2D eigenvalue weighted by Crippen LogP contribution is -2.32. The quantitative estimate of drug-likeness (QED) is 0.896. The molecule has 1 fully saturated rings. The smallest absolute Gasteiger partial charge is 0.419 e. The number of nitrogens with two attached hydrogens (primary N) is 1. The number of hydrogen-bond acceptors (Lipinski definition) is 3. The van der Waals surface area contributed by atoms with Crippen LogP contribution < -0.4 is 10.5 Å². The summed E-state index contributed by atoms with van der Waals surface area (Å²) in [5, 5.41) is 10.1. The van der Waals surface area contributed by atoms with Gasteiger partial charge in [-0.1, -0.05) is 18.9 Å². The Morgan fingerprint density at radius 1 is 1.25 bits per heavy atom. The van der Waals surface area contributed by atoms with E-state index < -0.39 is 17.3 Å². The molecule has 3 N–H and O–H groups in total. The average molecular weight is 289 g/mol. The first-order chi connectivity index (χ1) is 9.34. The van der Waals surface area contributed by atoms with Crippen LogP contribution in [0.3, 0.4) is 0 Å². The molecule has 0 amide bonds. The molecule has 20 heavy (non-hydrogen) atoms. The van der Waals surface area contributed by atoms with Crippen LogP contribution in [0.1, 0.15) is 36.8 Å². The summed E-state index contributed by atoms with van der Waals surface area (Å²) in [7, 11) is 0. The van der Waals surface area contributed by atoms with Gasteiger partial charge >= 0.3 is 6.18 Å². The van der Waals surface area contributed by atoms with Crippen molar-refractivity contribution in [2.75, 3.05) is 6.61 Å². The van der Waals surface area contributed by atoms with Crippen molar-refractivity contribution in [2.24, 2.45) is 5.73 Å². The van der Waals surface area contributed by atoms with Crippen LogP contribution in [-0.4, -0.2) is 17.3 Å². The van der Waals surface area contributed by atoms with Crippen LogP contribution in [0.15, 0.2) is 18.2 Å². The van der Waals surface area contributed by atoms with Gasteiger partial charge in [0.1, 0.15) is 12.4 Å². The molecule has 1 aliphatic carbocycles. The molecule has 0 aromatic heterocycles. The van der Waals surface area contributed by atoms with Gasteiger partial charge in [-0.3, -0.25) is 0 Å². The number of aliphatic hydroxyl groups is 1. The lowest BCUT2D eigenvalue weighted by molar-refractivity contribution is -0.139. The first-order valence-corrected chi connectivity index (χ1v) is 6.59. The molecule has 6 heteroatoms. The SMILES string of the molecule is NCc1ccc(OCC2(O)CCCC2)c(C(F)(F)F)c1. The van der Waals surface area contributed by atoms with Gasteiger partial charge in [-0.15, -0.1) is 0 Å². The first kappa shape index (κ1) is 15.1. The summed E-state index contributed by atoms with van der Waals surface area (Å²) in [6.45, 7) is -0.0780. The van der Waals surface area contributed by atoms with Crippen LogP contribution in [0.5, 0.6) is 5.75 Å². The number of alkyl halides is 3. The molecule has 1 aromatic carbocycles. The summed E-state index contributed by atoms with van der Waals surface area (Å²) in [6, 6.07) is 3.76. The van der Waals surface area contributed by atoms with E-state index in [0.717, 1.165) is 18.9 Å². The topological polar surface area (TPSA) is 55.5 Å². The third-order valence-corrected chi connectivity index (χ3v) is 3.62. The zero-order valence-corrected chi connectivity index (χ0v) is 11.0. The number of halogens is 3. The van der Waals surface area contributed by atoms with E-state index in [2.05, 4.69) is 0 Å². The molecule has 0 heterocycles. The molecule has 1 aliphatic rings. The van der Waals surface area contributed by atoms with E-state index in [0.29, 0.717) is 18.4 Å². The molecule has 0 unspecified atom stereocenters. The number of benzene rings is 1. The minimum atomic E-state index is -4.50. The second kappa shape index (κ2) is 5.61. The van der Waals surface area contributed by atoms with E-state index >= 15 is 0 Å². The van der Waals surface area contributed by atoms with Gasteiger partial charge < -0.3 is 15.6 Å². The molecular formula is C14H18F3NO2. The van der Waals surface area contributed by atoms with Gasteiger partial charge in [0.05, 0.1) is 11.2 Å². The van der Waals surface area contributed by atoms with Crippen LogP contribution in [0, 0.1) is 0 Å². The van der Waals surface area contributed by atoms with E-state index in [-0.39, 0.29) is 18.9 Å². The van der Waals surface area contributed by atoms with Crippen LogP contribution in [0.25, 0.3) is 0 Å². The molecule has 0 spiro atoms. The fraction of sp³-hybridized carbons (Fsp3) is 0.571. The highest BCUT2D eigenvalue weighted by Gasteiger charge is 2.36. The Labute approximate surface area is 115 Å². The minimum Gasteiger partial charge on any atom is -0.490 e. The highest BCUT2D eigenvalue weighted by atomic mass is 19.4. The summed E-state index contributed by atoms with van der Waals surface area (Å²) in [5.41, 5.74) is 3.90. The highest BCUT2D eigenvalue weighted by Crippen LogP contribution is 2.38. The van der Waals surface area contributed by atoms with E-state index in [9.17, 15) is 18.3 Å². The fourth-order valence-corrected chi connectivity index (χ4v) is 2.44. The molecule has 2 rings (SSSR count). The van der Waals surface area contributed by atoms with Crippen molar-refractivity contribution in [3.63, 3.8) is 0 Å². The molecule has 0 saturated heterocycles. The molecule has 1 saturated carbocycles. The van der Waals surface area contributed by atoms with Crippen molar-refractivity contribution in [1.82, 2.24) is 0 Å². The Kier molecular flexibility index (Phi) is 4.25. The maximum absolute atomic E-state index is 13.0. The molecule has 0 atom stereocenters. The predicted octanol–water partition coefficient (Wildman–Crippen LogP) is 2.85. The third-order valence-electron chi connectivity index (χ3n) is 3.62. The molecule has 0 bridgehead atoms. The molecule has 0 radical (unpaired) electrons. The number of rotatable bonds is 4. The van der Waals surface area contributed by atoms with E-state index in [1.807, 2.05) is 0 Å². The molecule has 112 valence electrons. The number of ether oxygens (including phenoxy) is 1. The summed E-state index contributed by atoms with van der Waals surface area (Å²) < 4.78 is 44.2. The van der Waals surface area contributed by atoms with Crippen molar-refractivity contribution in [3.05, 3.63) is 29.3 Å². The zero-order valence-electron chi connectivity index (χ0n) is 11.0. The molecule has 3 nitrogen and oxygen atoms in total. The Morgan fingerprint density at radius 2 is 1.90 bits per heavy atom. The van der Waals surface area contributed by atoms with E-state index in [1.165, 1.54) is 12.1 Å². The summed E-state index contributed by atoms with van der Waals surface area (Å²) >= 11 is 0. The van der Waals surface area contributed by atoms with Gasteiger partial charge in [0, 0.05) is 6.54 Å². The van der Waals surface area contributed by atoms with Crippen LogP contribution in [0.4, 0.5) is 13.2 Å². The molecule has 1 aromatic rings. The van der Waals surface area contributed by atoms with Crippen LogP contribution >= 0.6 is 0 Å². The Balaban J connectivity index is 2.18. The van der Waals surface area contributed by atoms with Gasteiger partial charge in [-0.05, 0) is 30.5 Å². The average Bonchev–Trinajstić information content (AvgIpc) is 2.82. The van der Waals surface area contributed by atoms with E-state index in [1.54, 1.807) is 0 Å². The summed E-state index contributed by atoms with van der Waals surface area (Å²) in [5.74, 6) is -0.255. The normalized spacial score (nSPS) is 18.2. The third kappa shape index (κ3) is 3.43. The van der Waals surface area contributed by atoms with Gasteiger partial charge in [0.25, 0.3) is 0 Å². The Bertz CT molecular complexity index is 468. The van der Waals surface area contributed by atoms with Gasteiger partial charge in [-0.2, -0.15) is 13.2 Å². The van der Waals surface area contributed by atoms with Gasteiger partial charge in [-0.25, -0.2) is 0 Å². The maximum atomic E-state index is 13.0. The highest BCUT2D eigenvalue weighted by molar-refractivity contribution is 5.39. The van der Waals surface area contributed by atoms with Crippen molar-refractivity contribution in [1.29, 1.82) is 0 Å². The predicted molar refractivity (Wildman–Crippen MR) is 68.2 cm³/mol. The maximum Gasteiger partial charge on any atom is 0.419 e. The van der Waals surface area contributed by atoms with Crippen LogP contribution in [-0.2, 0) is 12.7 Å². The Hall–Kier alpha value is -1.27. The first-order valence-electron chi connectivity index (χ1n) is 6.59. The summed E-state index contributed by atoms with van der Waals surface area (Å²) in [4.78, 5) is 0. The van der Waals surface area contributed by atoms with E-state index in [4.69, 9.17) is 10.5 Å². The number of hydrogen-bond donors (Lipinski definition) is 2. The zero-order chi connectivity index (χ0) is 14.8. The minimum absolute atomic E-state index is 0.0350. The molecule has 0 aliphatic heterocycles. The standard InChI is InChI=1S/C14H18F3NO2/c15-14(16,17)11-7-10(8-18)3-4-12(11)20-9-13(19)5-1-2-6-13/h3-4,7,19H,1-2,5-6,8-9,18H2. The fourth-order valence-electron chi connectivity index (χ4n) is 2.44. The lowest BCUT2D eigenvalue weighted by Gasteiger charge is -2.23. The van der Waals surface area contributed by atoms with Gasteiger partial charge in [0.2, 0.25) is 0 Å². The van der Waals surface area contributed by atoms with Crippen LogP contribution in [0.2, 0.25) is 0 Å².